The van der Waals surface area contributed by atoms with Crippen molar-refractivity contribution in [2.75, 3.05) is 6.54 Å². The molecule has 0 bridgehead atoms. The van der Waals surface area contributed by atoms with Gasteiger partial charge in [-0.05, 0) is 11.6 Å². The van der Waals surface area contributed by atoms with Crippen molar-refractivity contribution in [1.82, 2.24) is 0 Å². The number of halogens is 2. The molecule has 0 aliphatic carbocycles. The first-order valence-electron chi connectivity index (χ1n) is 3.95. The van der Waals surface area contributed by atoms with Crippen LogP contribution in [0.4, 0.5) is 10.1 Å². The van der Waals surface area contributed by atoms with E-state index in [2.05, 4.69) is 0 Å². The number of nitro benzene ring substituents is 1. The minimum atomic E-state index is -0.872. The molecule has 0 spiro atoms. The van der Waals surface area contributed by atoms with Gasteiger partial charge in [0.05, 0.1) is 4.92 Å². The van der Waals surface area contributed by atoms with Gasteiger partial charge in [-0.25, -0.2) is 0 Å². The Morgan fingerprint density at radius 1 is 1.53 bits per heavy atom. The summed E-state index contributed by atoms with van der Waals surface area (Å²) < 4.78 is 12.9. The van der Waals surface area contributed by atoms with Gasteiger partial charge in [0, 0.05) is 18.7 Å². The molecule has 0 heterocycles. The lowest BCUT2D eigenvalue weighted by Crippen LogP contribution is -2.20. The number of hydrogen-bond donors (Lipinski definition) is 2. The quantitative estimate of drug-likeness (QED) is 0.606. The molecule has 1 aromatic rings. The van der Waals surface area contributed by atoms with Gasteiger partial charge in [-0.15, -0.1) is 12.4 Å². The summed E-state index contributed by atoms with van der Waals surface area (Å²) in [6.45, 7) is 0.156. The van der Waals surface area contributed by atoms with E-state index in [1.165, 1.54) is 6.07 Å². The van der Waals surface area contributed by atoms with E-state index in [0.717, 1.165) is 12.1 Å². The highest BCUT2D eigenvalue weighted by Gasteiger charge is 2.16. The molecule has 0 fully saturated rings. The Balaban J connectivity index is 0.00000196. The summed E-state index contributed by atoms with van der Waals surface area (Å²) >= 11 is 0. The van der Waals surface area contributed by atoms with E-state index in [1.807, 2.05) is 0 Å². The fourth-order valence-electron chi connectivity index (χ4n) is 1.04. The van der Waals surface area contributed by atoms with E-state index in [9.17, 15) is 14.5 Å². The molecule has 0 aliphatic heterocycles. The molecule has 0 saturated heterocycles. The number of nitrogens with two attached hydrogens (primary N) is 2. The standard InChI is InChI=1S/C8H10FN3O2.ClH/c9-6-2-1-5(7(11)4-10)3-8(6)12(13)14;/h1-3,7H,4,10-11H2;1H/t7-;/m1./s1. The molecular weight excluding hydrogens is 225 g/mol. The van der Waals surface area contributed by atoms with Crippen LogP contribution in [0.5, 0.6) is 0 Å². The van der Waals surface area contributed by atoms with Gasteiger partial charge < -0.3 is 11.5 Å². The van der Waals surface area contributed by atoms with E-state index in [1.54, 1.807) is 0 Å². The summed E-state index contributed by atoms with van der Waals surface area (Å²) in [5.41, 5.74) is 10.7. The van der Waals surface area contributed by atoms with Crippen LogP contribution in [0, 0.1) is 15.9 Å². The van der Waals surface area contributed by atoms with E-state index in [4.69, 9.17) is 11.5 Å². The zero-order valence-electron chi connectivity index (χ0n) is 7.72. The molecule has 0 unspecified atom stereocenters. The summed E-state index contributed by atoms with van der Waals surface area (Å²) in [6.07, 6.45) is 0. The number of hydrogen-bond acceptors (Lipinski definition) is 4. The van der Waals surface area contributed by atoms with Gasteiger partial charge in [-0.1, -0.05) is 6.07 Å². The fraction of sp³-hybridized carbons (Fsp3) is 0.250. The highest BCUT2D eigenvalue weighted by molar-refractivity contribution is 5.85. The highest BCUT2D eigenvalue weighted by atomic mass is 35.5. The number of benzene rings is 1. The largest absolute Gasteiger partial charge is 0.329 e. The molecule has 0 aromatic heterocycles. The summed E-state index contributed by atoms with van der Waals surface area (Å²) in [5.74, 6) is -0.872. The second-order valence-electron chi connectivity index (χ2n) is 2.81. The van der Waals surface area contributed by atoms with Crippen LogP contribution >= 0.6 is 12.4 Å². The van der Waals surface area contributed by atoms with Gasteiger partial charge in [0.25, 0.3) is 0 Å². The van der Waals surface area contributed by atoms with Gasteiger partial charge in [-0.3, -0.25) is 10.1 Å². The number of nitro groups is 1. The number of nitrogens with zero attached hydrogens (tertiary/aromatic N) is 1. The van der Waals surface area contributed by atoms with Crippen molar-refractivity contribution >= 4 is 18.1 Å². The first-order chi connectivity index (χ1) is 6.56. The summed E-state index contributed by atoms with van der Waals surface area (Å²) in [4.78, 5) is 9.59. The van der Waals surface area contributed by atoms with E-state index in [0.29, 0.717) is 5.56 Å². The smallest absolute Gasteiger partial charge is 0.305 e. The fourth-order valence-corrected chi connectivity index (χ4v) is 1.04. The molecule has 4 N–H and O–H groups in total. The summed E-state index contributed by atoms with van der Waals surface area (Å²) in [5, 5.41) is 10.4. The zero-order chi connectivity index (χ0) is 10.7. The third kappa shape index (κ3) is 3.12. The Bertz CT molecular complexity index is 362. The van der Waals surface area contributed by atoms with Gasteiger partial charge in [0.1, 0.15) is 0 Å². The third-order valence-corrected chi connectivity index (χ3v) is 1.85. The maximum Gasteiger partial charge on any atom is 0.305 e. The molecular formula is C8H11ClFN3O2. The summed E-state index contributed by atoms with van der Waals surface area (Å²) in [7, 11) is 0. The lowest BCUT2D eigenvalue weighted by Gasteiger charge is -2.08. The van der Waals surface area contributed by atoms with Crippen molar-refractivity contribution in [1.29, 1.82) is 0 Å². The van der Waals surface area contributed by atoms with Crippen LogP contribution in [0.2, 0.25) is 0 Å². The van der Waals surface area contributed by atoms with Crippen LogP contribution in [0.25, 0.3) is 0 Å². The predicted molar refractivity (Wildman–Crippen MR) is 56.3 cm³/mol. The highest BCUT2D eigenvalue weighted by Crippen LogP contribution is 2.21. The van der Waals surface area contributed by atoms with Crippen molar-refractivity contribution in [3.05, 3.63) is 39.7 Å². The first-order valence-corrected chi connectivity index (χ1v) is 3.95. The minimum absolute atomic E-state index is 0. The Hall–Kier alpha value is -1.24. The van der Waals surface area contributed by atoms with Crippen LogP contribution in [-0.4, -0.2) is 11.5 Å². The van der Waals surface area contributed by atoms with Gasteiger partial charge in [-0.2, -0.15) is 4.39 Å². The average Bonchev–Trinajstić information content (AvgIpc) is 2.17. The van der Waals surface area contributed by atoms with Crippen molar-refractivity contribution < 1.29 is 9.31 Å². The van der Waals surface area contributed by atoms with E-state index in [-0.39, 0.29) is 19.0 Å². The van der Waals surface area contributed by atoms with E-state index < -0.39 is 22.5 Å². The van der Waals surface area contributed by atoms with Crippen molar-refractivity contribution in [3.63, 3.8) is 0 Å². The molecule has 84 valence electrons. The lowest BCUT2D eigenvalue weighted by atomic mass is 10.1. The van der Waals surface area contributed by atoms with Crippen molar-refractivity contribution in [3.8, 4) is 0 Å². The molecule has 0 aliphatic rings. The molecule has 0 saturated carbocycles. The second-order valence-corrected chi connectivity index (χ2v) is 2.81. The van der Waals surface area contributed by atoms with Gasteiger partial charge >= 0.3 is 5.69 Å². The molecule has 1 aromatic carbocycles. The van der Waals surface area contributed by atoms with E-state index >= 15 is 0 Å². The van der Waals surface area contributed by atoms with Crippen molar-refractivity contribution in [2.45, 2.75) is 6.04 Å². The molecule has 7 heteroatoms. The Morgan fingerprint density at radius 2 is 2.13 bits per heavy atom. The SMILES string of the molecule is Cl.NC[C@@H](N)c1ccc(F)c([N+](=O)[O-])c1. The molecule has 1 rings (SSSR count). The Kier molecular flexibility index (Phi) is 5.13. The third-order valence-electron chi connectivity index (χ3n) is 1.85. The average molecular weight is 236 g/mol. The molecule has 1 atom stereocenters. The normalized spacial score (nSPS) is 11.7. The first kappa shape index (κ1) is 13.8. The Labute approximate surface area is 91.8 Å². The van der Waals surface area contributed by atoms with Gasteiger partial charge in [0.2, 0.25) is 5.82 Å². The Morgan fingerprint density at radius 3 is 2.60 bits per heavy atom. The van der Waals surface area contributed by atoms with Crippen LogP contribution in [0.15, 0.2) is 18.2 Å². The molecule has 0 amide bonds. The van der Waals surface area contributed by atoms with Crippen LogP contribution < -0.4 is 11.5 Å². The minimum Gasteiger partial charge on any atom is -0.329 e. The van der Waals surface area contributed by atoms with Crippen molar-refractivity contribution in [2.24, 2.45) is 11.5 Å². The van der Waals surface area contributed by atoms with Crippen LogP contribution in [-0.2, 0) is 0 Å². The topological polar surface area (TPSA) is 95.2 Å². The second kappa shape index (κ2) is 5.59. The zero-order valence-corrected chi connectivity index (χ0v) is 8.54. The number of rotatable bonds is 3. The summed E-state index contributed by atoms with van der Waals surface area (Å²) in [6, 6.07) is 3.00. The van der Waals surface area contributed by atoms with Crippen LogP contribution in [0.1, 0.15) is 11.6 Å². The monoisotopic (exact) mass is 235 g/mol. The van der Waals surface area contributed by atoms with Crippen LogP contribution in [0.3, 0.4) is 0 Å². The maximum atomic E-state index is 12.9. The lowest BCUT2D eigenvalue weighted by molar-refractivity contribution is -0.387. The molecule has 0 radical (unpaired) electrons. The molecule has 15 heavy (non-hydrogen) atoms. The molecule has 5 nitrogen and oxygen atoms in total. The maximum absolute atomic E-state index is 12.9. The predicted octanol–water partition coefficient (Wildman–Crippen LogP) is 1.11. The van der Waals surface area contributed by atoms with Gasteiger partial charge in [0.15, 0.2) is 0 Å².